The van der Waals surface area contributed by atoms with Gasteiger partial charge < -0.3 is 24.3 Å². The fraction of sp³-hybridized carbons (Fsp3) is 0.447. The van der Waals surface area contributed by atoms with Crippen molar-refractivity contribution in [3.63, 3.8) is 0 Å². The third kappa shape index (κ3) is 8.14. The smallest absolute Gasteiger partial charge is 0.276 e. The van der Waals surface area contributed by atoms with Gasteiger partial charge >= 0.3 is 0 Å². The highest BCUT2D eigenvalue weighted by Gasteiger charge is 2.28. The number of hydrogen-bond acceptors (Lipinski definition) is 8. The zero-order valence-electron chi connectivity index (χ0n) is 29.4. The molecule has 12 nitrogen and oxygen atoms in total. The predicted molar refractivity (Wildman–Crippen MR) is 190 cm³/mol. The molecule has 4 aromatic rings. The number of aryl methyl sites for hydroxylation is 1. The highest BCUT2D eigenvalue weighted by molar-refractivity contribution is 5.98. The van der Waals surface area contributed by atoms with Gasteiger partial charge in [-0.3, -0.25) is 29.6 Å². The highest BCUT2D eigenvalue weighted by atomic mass is 19.1. The van der Waals surface area contributed by atoms with Gasteiger partial charge in [0.1, 0.15) is 22.8 Å². The molecule has 0 spiro atoms. The number of likely N-dealkylation sites (tertiary alicyclic amines) is 1. The number of rotatable bonds is 13. The molecule has 2 fully saturated rings. The second-order valence-corrected chi connectivity index (χ2v) is 13.5. The largest absolute Gasteiger partial charge is 0.496 e. The van der Waals surface area contributed by atoms with Crippen molar-refractivity contribution in [2.45, 2.75) is 57.3 Å². The molecule has 6 rings (SSSR count). The first-order valence-corrected chi connectivity index (χ1v) is 17.5. The van der Waals surface area contributed by atoms with Gasteiger partial charge in [-0.05, 0) is 92.4 Å². The number of pyridine rings is 1. The van der Waals surface area contributed by atoms with Crippen molar-refractivity contribution in [2.24, 2.45) is 13.0 Å². The Bertz CT molecular complexity index is 1960. The average Bonchev–Trinajstić information content (AvgIpc) is 3.62. The molecule has 0 saturated carbocycles. The quantitative estimate of drug-likeness (QED) is 0.178. The third-order valence-corrected chi connectivity index (χ3v) is 10.2. The number of carbonyl (C=O) groups is 3. The van der Waals surface area contributed by atoms with E-state index in [1.54, 1.807) is 33.7 Å². The van der Waals surface area contributed by atoms with E-state index in [9.17, 15) is 19.2 Å². The minimum absolute atomic E-state index is 0.0218. The van der Waals surface area contributed by atoms with Gasteiger partial charge in [0.15, 0.2) is 0 Å². The van der Waals surface area contributed by atoms with Crippen LogP contribution in [0.5, 0.6) is 11.5 Å². The highest BCUT2D eigenvalue weighted by Crippen LogP contribution is 2.38. The van der Waals surface area contributed by atoms with E-state index in [-0.39, 0.29) is 40.9 Å². The van der Waals surface area contributed by atoms with E-state index in [1.165, 1.54) is 10.6 Å². The molecule has 0 bridgehead atoms. The second kappa shape index (κ2) is 15.9. The van der Waals surface area contributed by atoms with E-state index in [4.69, 9.17) is 9.47 Å². The molecule has 2 aliphatic rings. The van der Waals surface area contributed by atoms with Crippen LogP contribution in [0.2, 0.25) is 0 Å². The summed E-state index contributed by atoms with van der Waals surface area (Å²) < 4.78 is 28.2. The van der Waals surface area contributed by atoms with E-state index < -0.39 is 0 Å². The molecule has 51 heavy (non-hydrogen) atoms. The number of H-pyrrole nitrogens is 1. The molecule has 2 aromatic heterocycles. The molecule has 0 aliphatic carbocycles. The number of benzene rings is 2. The van der Waals surface area contributed by atoms with Crippen molar-refractivity contribution in [3.8, 4) is 22.6 Å². The lowest BCUT2D eigenvalue weighted by Crippen LogP contribution is -2.41. The van der Waals surface area contributed by atoms with Crippen LogP contribution in [-0.2, 0) is 34.3 Å². The Hall–Kier alpha value is -5.04. The van der Waals surface area contributed by atoms with Gasteiger partial charge in [-0.2, -0.15) is 5.10 Å². The fourth-order valence-corrected chi connectivity index (χ4v) is 7.35. The molecular weight excluding hydrogens is 655 g/mol. The Morgan fingerprint density at radius 1 is 1.06 bits per heavy atom. The summed E-state index contributed by atoms with van der Waals surface area (Å²) in [6.45, 7) is 2.90. The maximum Gasteiger partial charge on any atom is 0.276 e. The molecular formula is C38H45FN6O6. The number of imide groups is 1. The number of aromatic nitrogens is 3. The first-order chi connectivity index (χ1) is 24.6. The molecule has 4 heterocycles. The van der Waals surface area contributed by atoms with Crippen LogP contribution in [0.25, 0.3) is 22.0 Å². The number of piperidine rings is 2. The van der Waals surface area contributed by atoms with Crippen LogP contribution in [-0.4, -0.2) is 77.8 Å². The van der Waals surface area contributed by atoms with Gasteiger partial charge in [0.2, 0.25) is 17.7 Å². The molecule has 1 unspecified atom stereocenters. The Balaban J connectivity index is 0.951. The Kier molecular flexibility index (Phi) is 11.1. The predicted octanol–water partition coefficient (Wildman–Crippen LogP) is 4.00. The standard InChI is InChI=1S/C38H45FN6O6/c1-44-22-30(29-21-41-43-36(29)38(44)49)26-19-32(50-2)28(33(20-26)51-3)5-4-6-34(46)40-13-16-45-14-11-24(12-15-45)27-9-7-23(18-31(27)39)17-25-8-10-35(47)42-37(25)48/h7,9,18-22,24-25H,4-6,8,10-17H2,1-3H3,(H,40,46)(H,41,43)(H,42,47,48). The van der Waals surface area contributed by atoms with Crippen molar-refractivity contribution in [1.82, 2.24) is 30.3 Å². The minimum Gasteiger partial charge on any atom is -0.496 e. The molecule has 0 radical (unpaired) electrons. The number of halogens is 1. The lowest BCUT2D eigenvalue weighted by Gasteiger charge is -2.32. The van der Waals surface area contributed by atoms with E-state index in [2.05, 4.69) is 25.7 Å². The van der Waals surface area contributed by atoms with Crippen molar-refractivity contribution >= 4 is 28.6 Å². The van der Waals surface area contributed by atoms with Crippen molar-refractivity contribution in [2.75, 3.05) is 40.4 Å². The van der Waals surface area contributed by atoms with Gasteiger partial charge in [-0.1, -0.05) is 12.1 Å². The van der Waals surface area contributed by atoms with Gasteiger partial charge in [-0.15, -0.1) is 0 Å². The first-order valence-electron chi connectivity index (χ1n) is 17.5. The van der Waals surface area contributed by atoms with Crippen molar-refractivity contribution in [1.29, 1.82) is 0 Å². The van der Waals surface area contributed by atoms with Crippen LogP contribution in [0.1, 0.15) is 61.1 Å². The summed E-state index contributed by atoms with van der Waals surface area (Å²) in [6.07, 6.45) is 7.83. The number of hydrogen-bond donors (Lipinski definition) is 3. The van der Waals surface area contributed by atoms with Crippen molar-refractivity contribution in [3.05, 3.63) is 75.6 Å². The summed E-state index contributed by atoms with van der Waals surface area (Å²) in [5.41, 5.74) is 4.25. The van der Waals surface area contributed by atoms with Gasteiger partial charge in [0.05, 0.1) is 20.4 Å². The number of methoxy groups -OCH3 is 2. The number of amides is 3. The molecule has 2 aromatic carbocycles. The summed E-state index contributed by atoms with van der Waals surface area (Å²) in [5, 5.41) is 13.0. The van der Waals surface area contributed by atoms with Crippen molar-refractivity contribution < 1.29 is 28.2 Å². The molecule has 3 N–H and O–H groups in total. The number of nitrogens with zero attached hydrogens (tertiary/aromatic N) is 3. The zero-order valence-corrected chi connectivity index (χ0v) is 29.4. The third-order valence-electron chi connectivity index (χ3n) is 10.2. The Morgan fingerprint density at radius 3 is 2.49 bits per heavy atom. The van der Waals surface area contributed by atoms with E-state index >= 15 is 4.39 Å². The van der Waals surface area contributed by atoms with E-state index in [1.807, 2.05) is 24.3 Å². The lowest BCUT2D eigenvalue weighted by atomic mass is 9.86. The van der Waals surface area contributed by atoms with E-state index in [0.717, 1.165) is 54.7 Å². The number of fused-ring (bicyclic) bond motifs is 1. The number of carbonyl (C=O) groups excluding carboxylic acids is 3. The fourth-order valence-electron chi connectivity index (χ4n) is 7.35. The van der Waals surface area contributed by atoms with Gasteiger partial charge in [0, 0.05) is 61.6 Å². The molecule has 2 aliphatic heterocycles. The Morgan fingerprint density at radius 2 is 1.80 bits per heavy atom. The van der Waals surface area contributed by atoms with Crippen LogP contribution in [0.3, 0.4) is 0 Å². The zero-order chi connectivity index (χ0) is 36.1. The monoisotopic (exact) mass is 700 g/mol. The Labute approximate surface area is 295 Å². The molecule has 13 heteroatoms. The lowest BCUT2D eigenvalue weighted by molar-refractivity contribution is -0.136. The van der Waals surface area contributed by atoms with E-state index in [0.29, 0.717) is 73.0 Å². The molecule has 270 valence electrons. The maximum absolute atomic E-state index is 15.1. The second-order valence-electron chi connectivity index (χ2n) is 13.5. The van der Waals surface area contributed by atoms with Crippen LogP contribution in [0.15, 0.2) is 47.5 Å². The number of nitrogens with one attached hydrogen (secondary N) is 3. The van der Waals surface area contributed by atoms with Crippen LogP contribution < -0.4 is 25.7 Å². The summed E-state index contributed by atoms with van der Waals surface area (Å²) in [5.74, 6) is 0.307. The molecule has 1 atom stereocenters. The van der Waals surface area contributed by atoms with Crippen LogP contribution in [0.4, 0.5) is 4.39 Å². The van der Waals surface area contributed by atoms with Crippen LogP contribution >= 0.6 is 0 Å². The molecule has 3 amide bonds. The maximum atomic E-state index is 15.1. The summed E-state index contributed by atoms with van der Waals surface area (Å²) >= 11 is 0. The minimum atomic E-state index is -0.309. The summed E-state index contributed by atoms with van der Waals surface area (Å²) in [7, 11) is 4.90. The van der Waals surface area contributed by atoms with Crippen LogP contribution in [0, 0.1) is 11.7 Å². The summed E-state index contributed by atoms with van der Waals surface area (Å²) in [6, 6.07) is 9.13. The topological polar surface area (TPSA) is 148 Å². The summed E-state index contributed by atoms with van der Waals surface area (Å²) in [4.78, 5) is 51.1. The average molecular weight is 701 g/mol. The number of aromatic amines is 1. The molecule has 2 saturated heterocycles. The normalized spacial score (nSPS) is 17.1. The SMILES string of the molecule is COc1cc(-c2cn(C)c(=O)c3[nH]ncc23)cc(OC)c1CCCC(=O)NCCN1CCC(c2ccc(CC3CCC(=O)NC3=O)cc2F)CC1. The van der Waals surface area contributed by atoms with Gasteiger partial charge in [0.25, 0.3) is 5.56 Å². The number of ether oxygens (including phenoxy) is 2. The first kappa shape index (κ1) is 35.8. The van der Waals surface area contributed by atoms with Gasteiger partial charge in [-0.25, -0.2) is 4.39 Å².